The standard InChI is InChI=1S/C47H52O9/c1-34-43(51-29-36-19-9-3-10-20-36)40(49-28-35-17-7-2-8-18-35)27-42(55-34)50-33-41-44(52-30-37-21-11-4-12-22-37)45(53-31-38-23-13-5-14-24-38)46(47(48)56-41)54-32-39-25-15-6-16-26-39/h2-26,34,40-48H,27-33H2,1H3/t34-,40+,41-,42-,43-,44-,45+,46-,47+/m1/s1. The van der Waals surface area contributed by atoms with E-state index in [4.69, 9.17) is 37.9 Å². The molecule has 2 fully saturated rings. The zero-order valence-corrected chi connectivity index (χ0v) is 31.8. The fourth-order valence-corrected chi connectivity index (χ4v) is 7.16. The maximum atomic E-state index is 11.6. The summed E-state index contributed by atoms with van der Waals surface area (Å²) in [5.74, 6) is 0. The number of rotatable bonds is 18. The zero-order chi connectivity index (χ0) is 38.4. The Morgan fingerprint density at radius 1 is 0.446 bits per heavy atom. The first kappa shape index (κ1) is 40.0. The Kier molecular flexibility index (Phi) is 14.8. The summed E-state index contributed by atoms with van der Waals surface area (Å²) in [6.07, 6.45) is -5.43. The Morgan fingerprint density at radius 3 is 1.27 bits per heavy atom. The van der Waals surface area contributed by atoms with Gasteiger partial charge in [0.1, 0.15) is 30.5 Å². The molecule has 9 heteroatoms. The molecule has 0 bridgehead atoms. The number of ether oxygens (including phenoxy) is 8. The molecule has 0 unspecified atom stereocenters. The van der Waals surface area contributed by atoms with Gasteiger partial charge < -0.3 is 43.0 Å². The molecule has 0 amide bonds. The van der Waals surface area contributed by atoms with Crippen LogP contribution in [0.1, 0.15) is 41.2 Å². The van der Waals surface area contributed by atoms with E-state index in [0.717, 1.165) is 27.8 Å². The second-order valence-corrected chi connectivity index (χ2v) is 14.3. The first-order valence-electron chi connectivity index (χ1n) is 19.5. The fraction of sp³-hybridized carbons (Fsp3) is 0.362. The van der Waals surface area contributed by atoms with Crippen LogP contribution < -0.4 is 0 Å². The van der Waals surface area contributed by atoms with Crippen LogP contribution in [-0.2, 0) is 70.9 Å². The topological polar surface area (TPSA) is 94.1 Å². The molecule has 2 aliphatic heterocycles. The van der Waals surface area contributed by atoms with Gasteiger partial charge in [-0.1, -0.05) is 152 Å². The van der Waals surface area contributed by atoms with E-state index in [1.54, 1.807) is 0 Å². The molecule has 56 heavy (non-hydrogen) atoms. The quantitative estimate of drug-likeness (QED) is 0.0962. The molecule has 0 saturated carbocycles. The van der Waals surface area contributed by atoms with E-state index in [1.807, 2.05) is 159 Å². The van der Waals surface area contributed by atoms with Crippen molar-refractivity contribution in [3.05, 3.63) is 179 Å². The fourth-order valence-electron chi connectivity index (χ4n) is 7.16. The Morgan fingerprint density at radius 2 is 0.821 bits per heavy atom. The minimum absolute atomic E-state index is 0.0610. The van der Waals surface area contributed by atoms with Gasteiger partial charge in [0.15, 0.2) is 12.6 Å². The second-order valence-electron chi connectivity index (χ2n) is 14.3. The van der Waals surface area contributed by atoms with E-state index >= 15 is 0 Å². The van der Waals surface area contributed by atoms with E-state index < -0.39 is 37.0 Å². The lowest BCUT2D eigenvalue weighted by atomic mass is 9.97. The lowest BCUT2D eigenvalue weighted by Gasteiger charge is -2.45. The summed E-state index contributed by atoms with van der Waals surface area (Å²) in [6, 6.07) is 49.9. The molecule has 2 aliphatic rings. The van der Waals surface area contributed by atoms with Gasteiger partial charge in [0.2, 0.25) is 0 Å². The molecule has 5 aromatic carbocycles. The summed E-state index contributed by atoms with van der Waals surface area (Å²) in [7, 11) is 0. The molecule has 9 atom stereocenters. The lowest BCUT2D eigenvalue weighted by Crippen LogP contribution is -2.61. The van der Waals surface area contributed by atoms with E-state index in [2.05, 4.69) is 0 Å². The summed E-state index contributed by atoms with van der Waals surface area (Å²) >= 11 is 0. The smallest absolute Gasteiger partial charge is 0.184 e. The molecule has 0 spiro atoms. The van der Waals surface area contributed by atoms with Crippen molar-refractivity contribution in [2.75, 3.05) is 6.61 Å². The monoisotopic (exact) mass is 760 g/mol. The predicted molar refractivity (Wildman–Crippen MR) is 211 cm³/mol. The van der Waals surface area contributed by atoms with Crippen molar-refractivity contribution in [1.29, 1.82) is 0 Å². The van der Waals surface area contributed by atoms with E-state index in [0.29, 0.717) is 26.2 Å². The molecule has 0 radical (unpaired) electrons. The molecule has 294 valence electrons. The molecular formula is C47H52O9. The van der Waals surface area contributed by atoms with Gasteiger partial charge in [-0.2, -0.15) is 0 Å². The highest BCUT2D eigenvalue weighted by molar-refractivity contribution is 5.17. The van der Waals surface area contributed by atoms with Crippen molar-refractivity contribution in [2.24, 2.45) is 0 Å². The van der Waals surface area contributed by atoms with Crippen LogP contribution in [0, 0.1) is 0 Å². The van der Waals surface area contributed by atoms with Crippen LogP contribution >= 0.6 is 0 Å². The maximum Gasteiger partial charge on any atom is 0.184 e. The van der Waals surface area contributed by atoms with Crippen molar-refractivity contribution in [2.45, 2.75) is 102 Å². The molecular weight excluding hydrogens is 709 g/mol. The van der Waals surface area contributed by atoms with E-state index in [1.165, 1.54) is 0 Å². The first-order valence-corrected chi connectivity index (χ1v) is 19.5. The largest absolute Gasteiger partial charge is 0.371 e. The number of aliphatic hydroxyl groups is 1. The molecule has 2 saturated heterocycles. The van der Waals surface area contributed by atoms with Gasteiger partial charge >= 0.3 is 0 Å². The second kappa shape index (κ2) is 20.8. The highest BCUT2D eigenvalue weighted by atomic mass is 16.7. The Labute approximate surface area is 330 Å². The maximum absolute atomic E-state index is 11.6. The lowest BCUT2D eigenvalue weighted by molar-refractivity contribution is -0.328. The number of hydrogen-bond acceptors (Lipinski definition) is 9. The Balaban J connectivity index is 1.08. The van der Waals surface area contributed by atoms with Crippen LogP contribution in [0.25, 0.3) is 0 Å². The molecule has 1 N–H and O–H groups in total. The van der Waals surface area contributed by atoms with Crippen molar-refractivity contribution >= 4 is 0 Å². The van der Waals surface area contributed by atoms with E-state index in [9.17, 15) is 5.11 Å². The number of aliphatic hydroxyl groups excluding tert-OH is 1. The first-order chi connectivity index (χ1) is 27.6. The van der Waals surface area contributed by atoms with Gasteiger partial charge in [0, 0.05) is 6.42 Å². The van der Waals surface area contributed by atoms with Crippen LogP contribution in [0.2, 0.25) is 0 Å². The van der Waals surface area contributed by atoms with Gasteiger partial charge in [-0.05, 0) is 34.7 Å². The van der Waals surface area contributed by atoms with Crippen molar-refractivity contribution in [3.63, 3.8) is 0 Å². The summed E-state index contributed by atoms with van der Waals surface area (Å²) < 4.78 is 52.0. The van der Waals surface area contributed by atoms with Gasteiger partial charge in [-0.15, -0.1) is 0 Å². The summed E-state index contributed by atoms with van der Waals surface area (Å²) in [5.41, 5.74) is 5.09. The molecule has 7 rings (SSSR count). The van der Waals surface area contributed by atoms with Gasteiger partial charge in [-0.3, -0.25) is 0 Å². The average Bonchev–Trinajstić information content (AvgIpc) is 3.24. The zero-order valence-electron chi connectivity index (χ0n) is 31.8. The van der Waals surface area contributed by atoms with Gasteiger partial charge in [0.05, 0.1) is 51.8 Å². The third-order valence-electron chi connectivity index (χ3n) is 10.1. The van der Waals surface area contributed by atoms with Crippen LogP contribution in [0.4, 0.5) is 0 Å². The van der Waals surface area contributed by atoms with E-state index in [-0.39, 0.29) is 38.1 Å². The summed E-state index contributed by atoms with van der Waals surface area (Å²) in [5, 5.41) is 11.6. The van der Waals surface area contributed by atoms with Crippen molar-refractivity contribution < 1.29 is 43.0 Å². The Bertz CT molecular complexity index is 1820. The Hall–Kier alpha value is -4.26. The third kappa shape index (κ3) is 11.4. The normalized spacial score (nSPS) is 26.5. The summed E-state index contributed by atoms with van der Waals surface area (Å²) in [6.45, 7) is 3.75. The average molecular weight is 761 g/mol. The van der Waals surface area contributed by atoms with Gasteiger partial charge in [-0.25, -0.2) is 0 Å². The highest BCUT2D eigenvalue weighted by Crippen LogP contribution is 2.32. The molecule has 2 heterocycles. The summed E-state index contributed by atoms with van der Waals surface area (Å²) in [4.78, 5) is 0. The van der Waals surface area contributed by atoms with Crippen LogP contribution in [0.3, 0.4) is 0 Å². The number of benzene rings is 5. The third-order valence-corrected chi connectivity index (χ3v) is 10.1. The minimum atomic E-state index is -1.31. The van der Waals surface area contributed by atoms with Gasteiger partial charge in [0.25, 0.3) is 0 Å². The molecule has 9 nitrogen and oxygen atoms in total. The van der Waals surface area contributed by atoms with Crippen LogP contribution in [-0.4, -0.2) is 67.0 Å². The predicted octanol–water partition coefficient (Wildman–Crippen LogP) is 7.78. The minimum Gasteiger partial charge on any atom is -0.371 e. The van der Waals surface area contributed by atoms with Crippen molar-refractivity contribution in [3.8, 4) is 0 Å². The highest BCUT2D eigenvalue weighted by Gasteiger charge is 2.49. The molecule has 0 aromatic heterocycles. The van der Waals surface area contributed by atoms with Crippen LogP contribution in [0.5, 0.6) is 0 Å². The number of hydrogen-bond donors (Lipinski definition) is 1. The van der Waals surface area contributed by atoms with Crippen molar-refractivity contribution in [1.82, 2.24) is 0 Å². The molecule has 5 aromatic rings. The SMILES string of the molecule is C[C@H]1O[C@@H](OC[C@H]2O[C@H](O)[C@H](OCc3ccccc3)[C@@H](OCc3ccccc3)[C@@H]2OCc2ccccc2)C[C@H](OCc2ccccc2)[C@@H]1OCc1ccccc1. The van der Waals surface area contributed by atoms with Crippen LogP contribution in [0.15, 0.2) is 152 Å². The molecule has 0 aliphatic carbocycles.